The van der Waals surface area contributed by atoms with Gasteiger partial charge in [0, 0.05) is 12.5 Å². The fraction of sp³-hybridized carbons (Fsp3) is 0.647. The van der Waals surface area contributed by atoms with E-state index in [9.17, 15) is 9.59 Å². The number of hydrogen-bond donors (Lipinski definition) is 2. The lowest BCUT2D eigenvalue weighted by Crippen LogP contribution is -2.48. The van der Waals surface area contributed by atoms with E-state index in [2.05, 4.69) is 5.32 Å². The van der Waals surface area contributed by atoms with Gasteiger partial charge in [-0.1, -0.05) is 37.6 Å². The van der Waals surface area contributed by atoms with Crippen LogP contribution < -0.4 is 11.1 Å². The molecule has 4 heteroatoms. The Kier molecular flexibility index (Phi) is 4.67. The Balaban J connectivity index is 2.45. The number of nitrogens with one attached hydrogen (secondary N) is 1. The Labute approximate surface area is 126 Å². The maximum Gasteiger partial charge on any atom is 0.225 e. The second-order valence-corrected chi connectivity index (χ2v) is 6.45. The van der Waals surface area contributed by atoms with E-state index in [1.54, 1.807) is 6.08 Å². The highest BCUT2D eigenvalue weighted by molar-refractivity contribution is 5.96. The molecule has 0 aromatic rings. The minimum absolute atomic E-state index is 0.0684. The van der Waals surface area contributed by atoms with E-state index in [1.807, 2.05) is 32.9 Å². The summed E-state index contributed by atoms with van der Waals surface area (Å²) in [6.45, 7) is 7.68. The first-order chi connectivity index (χ1) is 9.92. The number of primary amides is 1. The second-order valence-electron chi connectivity index (χ2n) is 6.45. The Hall–Kier alpha value is -1.42. The minimum atomic E-state index is -0.799. The fourth-order valence-electron chi connectivity index (χ4n) is 3.67. The smallest absolute Gasteiger partial charge is 0.225 e. The van der Waals surface area contributed by atoms with E-state index in [1.165, 1.54) is 0 Å². The van der Waals surface area contributed by atoms with Gasteiger partial charge < -0.3 is 11.1 Å². The molecular formula is C17H26N2O2. The van der Waals surface area contributed by atoms with Crippen molar-refractivity contribution in [1.29, 1.82) is 0 Å². The topological polar surface area (TPSA) is 72.2 Å². The average Bonchev–Trinajstić information content (AvgIpc) is 2.99. The van der Waals surface area contributed by atoms with Gasteiger partial charge in [-0.05, 0) is 32.2 Å². The molecule has 0 bridgehead atoms. The Morgan fingerprint density at radius 1 is 1.52 bits per heavy atom. The van der Waals surface area contributed by atoms with Crippen molar-refractivity contribution in [3.05, 3.63) is 23.8 Å². The molecule has 1 fully saturated rings. The Morgan fingerprint density at radius 2 is 2.24 bits per heavy atom. The number of ketones is 1. The van der Waals surface area contributed by atoms with Crippen molar-refractivity contribution in [2.24, 2.45) is 28.9 Å². The van der Waals surface area contributed by atoms with Crippen molar-refractivity contribution in [2.75, 3.05) is 13.1 Å². The van der Waals surface area contributed by atoms with E-state index in [4.69, 9.17) is 5.73 Å². The van der Waals surface area contributed by atoms with Gasteiger partial charge in [-0.2, -0.15) is 0 Å². The zero-order chi connectivity index (χ0) is 15.6. The summed E-state index contributed by atoms with van der Waals surface area (Å²) in [6.07, 6.45) is 7.48. The fourth-order valence-corrected chi connectivity index (χ4v) is 3.67. The first kappa shape index (κ1) is 16.0. The quantitative estimate of drug-likeness (QED) is 0.811. The Bertz CT molecular complexity index is 489. The maximum absolute atomic E-state index is 13.0. The third-order valence-corrected chi connectivity index (χ3v) is 5.18. The molecule has 116 valence electrons. The molecule has 0 aromatic heterocycles. The average molecular weight is 290 g/mol. The molecule has 1 aliphatic heterocycles. The summed E-state index contributed by atoms with van der Waals surface area (Å²) >= 11 is 0. The molecule has 0 saturated carbocycles. The molecule has 4 atom stereocenters. The molecule has 0 spiro atoms. The lowest BCUT2D eigenvalue weighted by Gasteiger charge is -2.41. The number of nitrogens with two attached hydrogens (primary N) is 1. The van der Waals surface area contributed by atoms with Gasteiger partial charge >= 0.3 is 0 Å². The number of carbonyl (C=O) groups excluding carboxylic acids is 2. The summed E-state index contributed by atoms with van der Waals surface area (Å²) < 4.78 is 0. The zero-order valence-electron chi connectivity index (χ0n) is 13.2. The van der Waals surface area contributed by atoms with Crippen molar-refractivity contribution in [3.63, 3.8) is 0 Å². The SMILES string of the molecule is CCC(C)C(=O)C1(C)C(C2CCNC2)=CC=CC1C(N)=O. The Morgan fingerprint density at radius 3 is 2.76 bits per heavy atom. The number of Topliss-reactive ketones (excluding diaryl/α,β-unsaturated/α-hetero) is 1. The van der Waals surface area contributed by atoms with Gasteiger partial charge in [0.25, 0.3) is 0 Å². The van der Waals surface area contributed by atoms with E-state index in [-0.39, 0.29) is 11.7 Å². The highest BCUT2D eigenvalue weighted by atomic mass is 16.1. The standard InChI is InChI=1S/C17H26N2O2/c1-4-11(2)15(20)17(3)13(12-8-9-19-10-12)6-5-7-14(17)16(18)21/h5-7,11-12,14,19H,4,8-10H2,1-3H3,(H2,18,21). The highest BCUT2D eigenvalue weighted by Crippen LogP contribution is 2.46. The van der Waals surface area contributed by atoms with E-state index in [0.29, 0.717) is 5.92 Å². The van der Waals surface area contributed by atoms with Gasteiger partial charge in [0.1, 0.15) is 5.78 Å². The number of hydrogen-bond acceptors (Lipinski definition) is 3. The predicted octanol–water partition coefficient (Wildman–Crippen LogP) is 1.82. The first-order valence-corrected chi connectivity index (χ1v) is 7.86. The number of carbonyl (C=O) groups is 2. The summed E-state index contributed by atoms with van der Waals surface area (Å²) in [6, 6.07) is 0. The van der Waals surface area contributed by atoms with E-state index < -0.39 is 17.2 Å². The molecule has 4 unspecified atom stereocenters. The molecule has 1 amide bonds. The van der Waals surface area contributed by atoms with Gasteiger partial charge in [-0.3, -0.25) is 9.59 Å². The van der Waals surface area contributed by atoms with Crippen LogP contribution in [0.3, 0.4) is 0 Å². The summed E-state index contributed by atoms with van der Waals surface area (Å²) in [5.74, 6) is -0.575. The van der Waals surface area contributed by atoms with Gasteiger partial charge in [0.05, 0.1) is 11.3 Å². The van der Waals surface area contributed by atoms with Crippen LogP contribution in [0.15, 0.2) is 23.8 Å². The summed E-state index contributed by atoms with van der Waals surface area (Å²) in [5, 5.41) is 3.34. The van der Waals surface area contributed by atoms with Crippen LogP contribution in [0, 0.1) is 23.2 Å². The van der Waals surface area contributed by atoms with Gasteiger partial charge in [0.2, 0.25) is 5.91 Å². The molecule has 2 aliphatic rings. The van der Waals surface area contributed by atoms with Crippen molar-refractivity contribution >= 4 is 11.7 Å². The molecule has 1 saturated heterocycles. The molecule has 1 heterocycles. The number of amides is 1. The van der Waals surface area contributed by atoms with Crippen molar-refractivity contribution in [2.45, 2.75) is 33.6 Å². The normalized spacial score (nSPS) is 33.6. The van der Waals surface area contributed by atoms with Gasteiger partial charge in [-0.15, -0.1) is 0 Å². The predicted molar refractivity (Wildman–Crippen MR) is 83.5 cm³/mol. The summed E-state index contributed by atoms with van der Waals surface area (Å²) in [4.78, 5) is 25.0. The van der Waals surface area contributed by atoms with E-state index >= 15 is 0 Å². The lowest BCUT2D eigenvalue weighted by atomic mass is 9.60. The second kappa shape index (κ2) is 6.14. The largest absolute Gasteiger partial charge is 0.369 e. The van der Waals surface area contributed by atoms with Crippen molar-refractivity contribution in [1.82, 2.24) is 5.32 Å². The summed E-state index contributed by atoms with van der Waals surface area (Å²) in [7, 11) is 0. The van der Waals surface area contributed by atoms with Crippen molar-refractivity contribution < 1.29 is 9.59 Å². The first-order valence-electron chi connectivity index (χ1n) is 7.86. The highest BCUT2D eigenvalue weighted by Gasteiger charge is 2.49. The molecule has 3 N–H and O–H groups in total. The molecule has 2 rings (SSSR count). The monoisotopic (exact) mass is 290 g/mol. The van der Waals surface area contributed by atoms with Crippen LogP contribution in [-0.2, 0) is 9.59 Å². The van der Waals surface area contributed by atoms with Crippen molar-refractivity contribution in [3.8, 4) is 0 Å². The minimum Gasteiger partial charge on any atom is -0.369 e. The molecule has 1 aliphatic carbocycles. The molecule has 0 aromatic carbocycles. The number of allylic oxidation sites excluding steroid dienone is 2. The van der Waals surface area contributed by atoms with Crippen LogP contribution in [0.1, 0.15) is 33.6 Å². The molecule has 0 radical (unpaired) electrons. The maximum atomic E-state index is 13.0. The third-order valence-electron chi connectivity index (χ3n) is 5.18. The molecule has 21 heavy (non-hydrogen) atoms. The van der Waals surface area contributed by atoms with Gasteiger partial charge in [-0.25, -0.2) is 0 Å². The third kappa shape index (κ3) is 2.69. The van der Waals surface area contributed by atoms with Crippen LogP contribution in [-0.4, -0.2) is 24.8 Å². The zero-order valence-corrected chi connectivity index (χ0v) is 13.2. The van der Waals surface area contributed by atoms with Crippen LogP contribution >= 0.6 is 0 Å². The van der Waals surface area contributed by atoms with Crippen LogP contribution in [0.5, 0.6) is 0 Å². The number of rotatable bonds is 5. The van der Waals surface area contributed by atoms with Gasteiger partial charge in [0.15, 0.2) is 0 Å². The summed E-state index contributed by atoms with van der Waals surface area (Å²) in [5.41, 5.74) is 5.87. The lowest BCUT2D eigenvalue weighted by molar-refractivity contribution is -0.137. The molecule has 4 nitrogen and oxygen atoms in total. The molecular weight excluding hydrogens is 264 g/mol. The van der Waals surface area contributed by atoms with Crippen LogP contribution in [0.25, 0.3) is 0 Å². The van der Waals surface area contributed by atoms with E-state index in [0.717, 1.165) is 31.5 Å². The van der Waals surface area contributed by atoms with Crippen LogP contribution in [0.4, 0.5) is 0 Å². The van der Waals surface area contributed by atoms with Crippen LogP contribution in [0.2, 0.25) is 0 Å².